The minimum atomic E-state index is 0.623. The summed E-state index contributed by atoms with van der Waals surface area (Å²) in [6.45, 7) is 7.27. The molecule has 1 atom stereocenters. The summed E-state index contributed by atoms with van der Waals surface area (Å²) in [4.78, 5) is 1.37. The molecule has 26 heavy (non-hydrogen) atoms. The van der Waals surface area contributed by atoms with E-state index in [1.54, 1.807) is 0 Å². The molecule has 0 aliphatic carbocycles. The normalized spacial score (nSPS) is 12.3. The van der Waals surface area contributed by atoms with E-state index < -0.39 is 0 Å². The average molecular weight is 371 g/mol. The van der Waals surface area contributed by atoms with Crippen molar-refractivity contribution < 1.29 is 0 Å². The van der Waals surface area contributed by atoms with Gasteiger partial charge in [0.2, 0.25) is 0 Å². The van der Waals surface area contributed by atoms with Gasteiger partial charge in [-0.25, -0.2) is 0 Å². The molecule has 0 amide bonds. The van der Waals surface area contributed by atoms with E-state index in [0.29, 0.717) is 5.25 Å². The number of nitrogens with two attached hydrogens (primary N) is 1. The molecule has 0 bridgehead atoms. The predicted molar refractivity (Wildman–Crippen MR) is 116 cm³/mol. The number of thioether (sulfide) groups is 1. The Morgan fingerprint density at radius 3 is 2.35 bits per heavy atom. The molecule has 0 fully saturated rings. The zero-order valence-electron chi connectivity index (χ0n) is 16.3. The maximum Gasteiger partial charge on any atom is 0.0205 e. The van der Waals surface area contributed by atoms with Gasteiger partial charge >= 0.3 is 0 Å². The van der Waals surface area contributed by atoms with Crippen molar-refractivity contribution in [2.24, 2.45) is 5.73 Å². The first kappa shape index (κ1) is 21.0. The van der Waals surface area contributed by atoms with Gasteiger partial charge in [-0.3, -0.25) is 0 Å². The summed E-state index contributed by atoms with van der Waals surface area (Å²) in [5.41, 5.74) is 9.91. The molecule has 2 aromatic rings. The summed E-state index contributed by atoms with van der Waals surface area (Å²) in [6.07, 6.45) is 5.83. The second-order valence-electron chi connectivity index (χ2n) is 6.95. The first-order chi connectivity index (χ1) is 12.7. The lowest BCUT2D eigenvalue weighted by Gasteiger charge is -2.14. The van der Waals surface area contributed by atoms with E-state index in [4.69, 9.17) is 5.73 Å². The second-order valence-corrected chi connectivity index (χ2v) is 8.46. The molecule has 3 N–H and O–H groups in total. The van der Waals surface area contributed by atoms with Crippen LogP contribution in [0.1, 0.15) is 49.8 Å². The smallest absolute Gasteiger partial charge is 0.0205 e. The van der Waals surface area contributed by atoms with Crippen LogP contribution in [-0.2, 0) is 19.4 Å². The molecule has 0 aliphatic rings. The highest BCUT2D eigenvalue weighted by Crippen LogP contribution is 2.27. The fourth-order valence-corrected chi connectivity index (χ4v) is 4.10. The number of benzene rings is 2. The second kappa shape index (κ2) is 12.2. The van der Waals surface area contributed by atoms with Crippen LogP contribution in [0, 0.1) is 0 Å². The molecule has 0 radical (unpaired) electrons. The highest BCUT2D eigenvalue weighted by atomic mass is 32.2. The molecule has 3 heteroatoms. The van der Waals surface area contributed by atoms with Gasteiger partial charge < -0.3 is 11.1 Å². The molecule has 2 nitrogen and oxygen atoms in total. The van der Waals surface area contributed by atoms with Crippen molar-refractivity contribution in [3.05, 3.63) is 65.2 Å². The largest absolute Gasteiger partial charge is 0.330 e. The lowest BCUT2D eigenvalue weighted by molar-refractivity contribution is 0.655. The first-order valence-corrected chi connectivity index (χ1v) is 10.8. The van der Waals surface area contributed by atoms with E-state index in [1.165, 1.54) is 47.3 Å². The van der Waals surface area contributed by atoms with Crippen molar-refractivity contribution in [1.29, 1.82) is 0 Å². The fraction of sp³-hybridized carbons (Fsp3) is 0.478. The first-order valence-electron chi connectivity index (χ1n) is 9.96. The van der Waals surface area contributed by atoms with E-state index in [9.17, 15) is 0 Å². The minimum absolute atomic E-state index is 0.623. The Bertz CT molecular complexity index is 624. The summed E-state index contributed by atoms with van der Waals surface area (Å²) in [5.74, 6) is 0. The maximum atomic E-state index is 5.52. The highest BCUT2D eigenvalue weighted by molar-refractivity contribution is 7.99. The molecule has 1 unspecified atom stereocenters. The quantitative estimate of drug-likeness (QED) is 0.399. The fourth-order valence-electron chi connectivity index (χ4n) is 3.11. The Morgan fingerprint density at radius 2 is 1.69 bits per heavy atom. The average Bonchev–Trinajstić information content (AvgIpc) is 2.66. The number of nitrogens with one attached hydrogen (secondary N) is 1. The van der Waals surface area contributed by atoms with Crippen LogP contribution in [0.25, 0.3) is 0 Å². The SMILES string of the molecule is CCCc1ccccc1CCC(C)Sc1ccc(CNCCCN)cc1. The maximum absolute atomic E-state index is 5.52. The number of hydrogen-bond acceptors (Lipinski definition) is 3. The molecule has 0 spiro atoms. The third kappa shape index (κ3) is 7.53. The van der Waals surface area contributed by atoms with Gasteiger partial charge in [0, 0.05) is 16.7 Å². The molecular weight excluding hydrogens is 336 g/mol. The van der Waals surface area contributed by atoms with Crippen LogP contribution in [0.2, 0.25) is 0 Å². The molecule has 0 aromatic heterocycles. The number of hydrogen-bond donors (Lipinski definition) is 2. The predicted octanol–water partition coefficient (Wildman–Crippen LogP) is 5.19. The molecule has 2 aromatic carbocycles. The summed E-state index contributed by atoms with van der Waals surface area (Å²) in [5, 5.41) is 4.05. The molecule has 2 rings (SSSR count). The zero-order valence-corrected chi connectivity index (χ0v) is 17.2. The van der Waals surface area contributed by atoms with Crippen LogP contribution in [0.4, 0.5) is 0 Å². The van der Waals surface area contributed by atoms with Crippen LogP contribution < -0.4 is 11.1 Å². The Hall–Kier alpha value is -1.29. The Balaban J connectivity index is 1.78. The Labute approximate surface area is 164 Å². The van der Waals surface area contributed by atoms with Crippen LogP contribution in [0.5, 0.6) is 0 Å². The monoisotopic (exact) mass is 370 g/mol. The zero-order chi connectivity index (χ0) is 18.6. The molecule has 0 aliphatic heterocycles. The van der Waals surface area contributed by atoms with E-state index in [1.807, 2.05) is 11.8 Å². The van der Waals surface area contributed by atoms with Gasteiger partial charge in [0.15, 0.2) is 0 Å². The Morgan fingerprint density at radius 1 is 1.00 bits per heavy atom. The van der Waals surface area contributed by atoms with Gasteiger partial charge in [-0.05, 0) is 67.6 Å². The van der Waals surface area contributed by atoms with E-state index in [0.717, 1.165) is 26.1 Å². The third-order valence-corrected chi connectivity index (χ3v) is 5.79. The van der Waals surface area contributed by atoms with Gasteiger partial charge in [-0.1, -0.05) is 56.7 Å². The van der Waals surface area contributed by atoms with E-state index in [-0.39, 0.29) is 0 Å². The van der Waals surface area contributed by atoms with Gasteiger partial charge in [0.25, 0.3) is 0 Å². The molecule has 0 saturated heterocycles. The lowest BCUT2D eigenvalue weighted by Crippen LogP contribution is -2.17. The van der Waals surface area contributed by atoms with Crippen molar-refractivity contribution in [3.63, 3.8) is 0 Å². The van der Waals surface area contributed by atoms with Gasteiger partial charge in [-0.15, -0.1) is 11.8 Å². The topological polar surface area (TPSA) is 38.0 Å². The van der Waals surface area contributed by atoms with Gasteiger partial charge in [0.05, 0.1) is 0 Å². The number of rotatable bonds is 12. The van der Waals surface area contributed by atoms with Crippen LogP contribution >= 0.6 is 11.8 Å². The Kier molecular flexibility index (Phi) is 9.83. The molecule has 0 heterocycles. The van der Waals surface area contributed by atoms with Crippen LogP contribution in [-0.4, -0.2) is 18.3 Å². The minimum Gasteiger partial charge on any atom is -0.330 e. The molecule has 0 saturated carbocycles. The summed E-state index contributed by atoms with van der Waals surface area (Å²) >= 11 is 1.99. The highest BCUT2D eigenvalue weighted by Gasteiger charge is 2.07. The number of aryl methyl sites for hydroxylation is 2. The molecular formula is C23H34N2S. The summed E-state index contributed by atoms with van der Waals surface area (Å²) in [6, 6.07) is 17.9. The summed E-state index contributed by atoms with van der Waals surface area (Å²) < 4.78 is 0. The van der Waals surface area contributed by atoms with Crippen molar-refractivity contribution in [1.82, 2.24) is 5.32 Å². The van der Waals surface area contributed by atoms with Crippen LogP contribution in [0.15, 0.2) is 53.4 Å². The molecule has 142 valence electrons. The van der Waals surface area contributed by atoms with E-state index >= 15 is 0 Å². The van der Waals surface area contributed by atoms with Gasteiger partial charge in [-0.2, -0.15) is 0 Å². The third-order valence-electron chi connectivity index (χ3n) is 4.61. The van der Waals surface area contributed by atoms with Crippen molar-refractivity contribution in [2.45, 2.75) is 62.6 Å². The summed E-state index contributed by atoms with van der Waals surface area (Å²) in [7, 11) is 0. The van der Waals surface area contributed by atoms with Crippen molar-refractivity contribution in [3.8, 4) is 0 Å². The van der Waals surface area contributed by atoms with E-state index in [2.05, 4.69) is 67.7 Å². The van der Waals surface area contributed by atoms with Gasteiger partial charge in [0.1, 0.15) is 0 Å². The lowest BCUT2D eigenvalue weighted by atomic mass is 9.99. The van der Waals surface area contributed by atoms with Crippen LogP contribution in [0.3, 0.4) is 0 Å². The van der Waals surface area contributed by atoms with Crippen molar-refractivity contribution in [2.75, 3.05) is 13.1 Å². The standard InChI is InChI=1S/C23H34N2S/c1-3-7-21-8-4-5-9-22(21)13-10-19(2)26-23-14-11-20(12-15-23)18-25-17-6-16-24/h4-5,8-9,11-12,14-15,19,25H,3,6-7,10,13,16-18,24H2,1-2H3. The van der Waals surface area contributed by atoms with Crippen molar-refractivity contribution >= 4 is 11.8 Å².